The number of halogens is 1. The third-order valence-electron chi connectivity index (χ3n) is 3.64. The van der Waals surface area contributed by atoms with Gasteiger partial charge in [-0.2, -0.15) is 0 Å². The summed E-state index contributed by atoms with van der Waals surface area (Å²) < 4.78 is 0.924. The van der Waals surface area contributed by atoms with E-state index < -0.39 is 0 Å². The van der Waals surface area contributed by atoms with Crippen LogP contribution in [0.1, 0.15) is 36.0 Å². The van der Waals surface area contributed by atoms with Crippen molar-refractivity contribution in [3.8, 4) is 0 Å². The Kier molecular flexibility index (Phi) is 5.31. The molecule has 1 atom stereocenters. The fourth-order valence-corrected chi connectivity index (χ4v) is 2.76. The Morgan fingerprint density at radius 1 is 1.25 bits per heavy atom. The van der Waals surface area contributed by atoms with Crippen LogP contribution in [0, 0.1) is 0 Å². The van der Waals surface area contributed by atoms with Gasteiger partial charge in [-0.05, 0) is 25.0 Å². The van der Waals surface area contributed by atoms with Crippen LogP contribution in [0.3, 0.4) is 0 Å². The van der Waals surface area contributed by atoms with E-state index in [0.717, 1.165) is 17.3 Å². The number of nitrogens with zero attached hydrogens (tertiary/aromatic N) is 1. The van der Waals surface area contributed by atoms with E-state index >= 15 is 0 Å². The van der Waals surface area contributed by atoms with Gasteiger partial charge in [0.2, 0.25) is 5.91 Å². The molecule has 1 aliphatic rings. The van der Waals surface area contributed by atoms with Crippen LogP contribution in [-0.4, -0.2) is 40.9 Å². The smallest absolute Gasteiger partial charge is 0.223 e. The molecular weight excluding hydrogens is 322 g/mol. The monoisotopic (exact) mass is 339 g/mol. The molecule has 0 radical (unpaired) electrons. The molecule has 0 bridgehead atoms. The second-order valence-electron chi connectivity index (χ2n) is 5.00. The van der Waals surface area contributed by atoms with Crippen LogP contribution in [0.25, 0.3) is 0 Å². The Bertz CT molecular complexity index is 486. The highest BCUT2D eigenvalue weighted by Crippen LogP contribution is 2.19. The van der Waals surface area contributed by atoms with E-state index in [9.17, 15) is 14.7 Å². The molecule has 1 saturated heterocycles. The Hall–Kier alpha value is -1.20. The molecule has 1 fully saturated rings. The van der Waals surface area contributed by atoms with Gasteiger partial charge in [-0.25, -0.2) is 0 Å². The zero-order valence-corrected chi connectivity index (χ0v) is 12.8. The van der Waals surface area contributed by atoms with Gasteiger partial charge in [0, 0.05) is 29.4 Å². The summed E-state index contributed by atoms with van der Waals surface area (Å²) in [6.45, 7) is 0.697. The second kappa shape index (κ2) is 6.99. The molecule has 0 spiro atoms. The normalized spacial score (nSPS) is 18.3. The van der Waals surface area contributed by atoms with Crippen LogP contribution in [0.4, 0.5) is 0 Å². The van der Waals surface area contributed by atoms with E-state index in [1.807, 2.05) is 12.1 Å². The van der Waals surface area contributed by atoms with Crippen molar-refractivity contribution in [2.45, 2.75) is 31.7 Å². The lowest BCUT2D eigenvalue weighted by Crippen LogP contribution is -2.37. The van der Waals surface area contributed by atoms with Gasteiger partial charge in [-0.1, -0.05) is 28.1 Å². The first-order chi connectivity index (χ1) is 9.61. The molecule has 4 nitrogen and oxygen atoms in total. The summed E-state index contributed by atoms with van der Waals surface area (Å²) in [6.07, 6.45) is 2.21. The van der Waals surface area contributed by atoms with Crippen molar-refractivity contribution in [1.29, 1.82) is 0 Å². The molecule has 1 amide bonds. The number of aliphatic hydroxyl groups excluding tert-OH is 1. The molecule has 0 unspecified atom stereocenters. The molecule has 1 aliphatic heterocycles. The summed E-state index contributed by atoms with van der Waals surface area (Å²) >= 11 is 3.32. The van der Waals surface area contributed by atoms with E-state index in [1.54, 1.807) is 17.0 Å². The van der Waals surface area contributed by atoms with E-state index in [4.69, 9.17) is 0 Å². The molecule has 0 aromatic heterocycles. The molecule has 1 aromatic rings. The summed E-state index contributed by atoms with van der Waals surface area (Å²) in [5.74, 6) is -0.0578. The highest BCUT2D eigenvalue weighted by atomic mass is 79.9. The average Bonchev–Trinajstić information content (AvgIpc) is 2.93. The van der Waals surface area contributed by atoms with E-state index in [1.165, 1.54) is 0 Å². The zero-order chi connectivity index (χ0) is 14.5. The minimum absolute atomic E-state index is 0.00635. The molecule has 2 rings (SSSR count). The SMILES string of the molecule is O=C(CCC(=O)N1CCC[C@@H]1CO)c1ccc(Br)cc1. The molecule has 1 heterocycles. The standard InChI is InChI=1S/C15H18BrNO3/c16-12-5-3-11(4-6-12)14(19)7-8-15(20)17-9-1-2-13(17)10-18/h3-6,13,18H,1-2,7-10H2/t13-/m1/s1. The summed E-state index contributed by atoms with van der Waals surface area (Å²) in [6, 6.07) is 7.08. The molecule has 0 aliphatic carbocycles. The summed E-state index contributed by atoms with van der Waals surface area (Å²) in [7, 11) is 0. The largest absolute Gasteiger partial charge is 0.394 e. The minimum Gasteiger partial charge on any atom is -0.394 e. The number of hydrogen-bond donors (Lipinski definition) is 1. The number of carbonyl (C=O) groups is 2. The van der Waals surface area contributed by atoms with Crippen LogP contribution < -0.4 is 0 Å². The second-order valence-corrected chi connectivity index (χ2v) is 5.91. The first-order valence-electron chi connectivity index (χ1n) is 6.81. The van der Waals surface area contributed by atoms with Gasteiger partial charge >= 0.3 is 0 Å². The maximum atomic E-state index is 12.1. The Balaban J connectivity index is 1.87. The van der Waals surface area contributed by atoms with Crippen LogP contribution in [0.15, 0.2) is 28.7 Å². The van der Waals surface area contributed by atoms with Crippen molar-refractivity contribution in [1.82, 2.24) is 4.90 Å². The van der Waals surface area contributed by atoms with Crippen LogP contribution in [-0.2, 0) is 4.79 Å². The van der Waals surface area contributed by atoms with Crippen molar-refractivity contribution in [2.75, 3.05) is 13.2 Å². The number of amides is 1. The van der Waals surface area contributed by atoms with Crippen molar-refractivity contribution < 1.29 is 14.7 Å². The molecular formula is C15H18BrNO3. The molecule has 1 aromatic carbocycles. The summed E-state index contributed by atoms with van der Waals surface area (Å²) in [5, 5.41) is 9.20. The fourth-order valence-electron chi connectivity index (χ4n) is 2.50. The van der Waals surface area contributed by atoms with Crippen molar-refractivity contribution in [3.05, 3.63) is 34.3 Å². The Morgan fingerprint density at radius 2 is 1.95 bits per heavy atom. The van der Waals surface area contributed by atoms with Gasteiger partial charge in [-0.3, -0.25) is 9.59 Å². The maximum Gasteiger partial charge on any atom is 0.223 e. The molecule has 108 valence electrons. The maximum absolute atomic E-state index is 12.1. The van der Waals surface area contributed by atoms with Crippen molar-refractivity contribution >= 4 is 27.6 Å². The van der Waals surface area contributed by atoms with Gasteiger partial charge < -0.3 is 10.0 Å². The van der Waals surface area contributed by atoms with Crippen LogP contribution in [0.5, 0.6) is 0 Å². The molecule has 1 N–H and O–H groups in total. The van der Waals surface area contributed by atoms with E-state index in [-0.39, 0.29) is 37.2 Å². The van der Waals surface area contributed by atoms with Gasteiger partial charge in [0.15, 0.2) is 5.78 Å². The molecule has 0 saturated carbocycles. The summed E-state index contributed by atoms with van der Waals surface area (Å²) in [5.41, 5.74) is 0.626. The van der Waals surface area contributed by atoms with Gasteiger partial charge in [0.05, 0.1) is 12.6 Å². The number of aliphatic hydroxyl groups is 1. The lowest BCUT2D eigenvalue weighted by molar-refractivity contribution is -0.132. The number of benzene rings is 1. The number of ketones is 1. The van der Waals surface area contributed by atoms with Crippen LogP contribution in [0.2, 0.25) is 0 Å². The van der Waals surface area contributed by atoms with Gasteiger partial charge in [-0.15, -0.1) is 0 Å². The molecule has 5 heteroatoms. The highest BCUT2D eigenvalue weighted by Gasteiger charge is 2.27. The Morgan fingerprint density at radius 3 is 2.60 bits per heavy atom. The molecule has 20 heavy (non-hydrogen) atoms. The first kappa shape index (κ1) is 15.2. The fraction of sp³-hybridized carbons (Fsp3) is 0.467. The van der Waals surface area contributed by atoms with Crippen molar-refractivity contribution in [3.63, 3.8) is 0 Å². The lowest BCUT2D eigenvalue weighted by Gasteiger charge is -2.22. The van der Waals surface area contributed by atoms with Gasteiger partial charge in [0.1, 0.15) is 0 Å². The first-order valence-corrected chi connectivity index (χ1v) is 7.60. The van der Waals surface area contributed by atoms with E-state index in [0.29, 0.717) is 12.1 Å². The third kappa shape index (κ3) is 3.67. The lowest BCUT2D eigenvalue weighted by atomic mass is 10.1. The third-order valence-corrected chi connectivity index (χ3v) is 4.17. The minimum atomic E-state index is -0.0646. The Labute approximate surface area is 126 Å². The predicted molar refractivity (Wildman–Crippen MR) is 79.5 cm³/mol. The predicted octanol–water partition coefficient (Wildman–Crippen LogP) is 2.40. The van der Waals surface area contributed by atoms with Crippen LogP contribution >= 0.6 is 15.9 Å². The number of rotatable bonds is 5. The quantitative estimate of drug-likeness (QED) is 0.838. The highest BCUT2D eigenvalue weighted by molar-refractivity contribution is 9.10. The van der Waals surface area contributed by atoms with E-state index in [2.05, 4.69) is 15.9 Å². The number of hydrogen-bond acceptors (Lipinski definition) is 3. The summed E-state index contributed by atoms with van der Waals surface area (Å²) in [4.78, 5) is 25.8. The number of carbonyl (C=O) groups excluding carboxylic acids is 2. The zero-order valence-electron chi connectivity index (χ0n) is 11.2. The topological polar surface area (TPSA) is 57.6 Å². The average molecular weight is 340 g/mol. The van der Waals surface area contributed by atoms with Gasteiger partial charge in [0.25, 0.3) is 0 Å². The van der Waals surface area contributed by atoms with Crippen molar-refractivity contribution in [2.24, 2.45) is 0 Å². The number of Topliss-reactive ketones (excluding diaryl/α,β-unsaturated/α-hetero) is 1. The number of likely N-dealkylation sites (tertiary alicyclic amines) is 1.